The molecule has 0 spiro atoms. The molecular weight excluding hydrogens is 236 g/mol. The van der Waals surface area contributed by atoms with Crippen LogP contribution in [0, 0.1) is 0 Å². The molecule has 0 radical (unpaired) electrons. The molecule has 0 rings (SSSR count). The Morgan fingerprint density at radius 3 is 1.78 bits per heavy atom. The van der Waals surface area contributed by atoms with E-state index in [1.807, 2.05) is 0 Å². The van der Waals surface area contributed by atoms with E-state index in [0.717, 1.165) is 0 Å². The molecule has 0 saturated carbocycles. The fourth-order valence-electron chi connectivity index (χ4n) is 1.35. The van der Waals surface area contributed by atoms with Crippen LogP contribution in [0.1, 0.15) is 41.5 Å². The Bertz CT molecular complexity index is 315. The number of esters is 1. The van der Waals surface area contributed by atoms with Gasteiger partial charge in [0, 0.05) is 0 Å². The molecule has 6 heteroatoms. The van der Waals surface area contributed by atoms with Crippen molar-refractivity contribution in [3.8, 4) is 0 Å². The average Bonchev–Trinajstić information content (AvgIpc) is 2.12. The number of ether oxygens (including phenoxy) is 2. The first-order chi connectivity index (χ1) is 7.84. The zero-order chi connectivity index (χ0) is 14.7. The summed E-state index contributed by atoms with van der Waals surface area (Å²) in [5.74, 6) is -0.992. The van der Waals surface area contributed by atoms with Crippen LogP contribution in [-0.2, 0) is 19.1 Å². The maximum Gasteiger partial charge on any atom is 0.335 e. The van der Waals surface area contributed by atoms with Crippen molar-refractivity contribution in [2.45, 2.75) is 65.0 Å². The minimum atomic E-state index is -1.04. The van der Waals surface area contributed by atoms with E-state index in [2.05, 4.69) is 0 Å². The lowest BCUT2D eigenvalue weighted by molar-refractivity contribution is -0.172. The Hall–Kier alpha value is -0.980. The van der Waals surface area contributed by atoms with Crippen molar-refractivity contribution < 1.29 is 19.1 Å². The van der Waals surface area contributed by atoms with Crippen LogP contribution >= 0.6 is 0 Å². The maximum atomic E-state index is 11.7. The van der Waals surface area contributed by atoms with Crippen LogP contribution < -0.4 is 11.5 Å². The summed E-state index contributed by atoms with van der Waals surface area (Å²) in [4.78, 5) is 23.4. The predicted molar refractivity (Wildman–Crippen MR) is 67.6 cm³/mol. The molecule has 0 aromatic carbocycles. The van der Waals surface area contributed by atoms with Crippen molar-refractivity contribution in [1.29, 1.82) is 0 Å². The van der Waals surface area contributed by atoms with Crippen molar-refractivity contribution >= 4 is 11.8 Å². The summed E-state index contributed by atoms with van der Waals surface area (Å²) in [6.45, 7) is 9.35. The number of carbonyl (C=O) groups is 2. The number of rotatable bonds is 6. The van der Waals surface area contributed by atoms with Crippen LogP contribution in [0.25, 0.3) is 0 Å². The lowest BCUT2D eigenvalue weighted by Gasteiger charge is -2.26. The molecule has 0 aliphatic heterocycles. The van der Waals surface area contributed by atoms with Gasteiger partial charge in [-0.1, -0.05) is 0 Å². The summed E-state index contributed by atoms with van der Waals surface area (Å²) in [6, 6.07) is 0. The number of hydrogen-bond acceptors (Lipinski definition) is 6. The van der Waals surface area contributed by atoms with Gasteiger partial charge in [-0.25, -0.2) is 4.79 Å². The monoisotopic (exact) mass is 260 g/mol. The molecule has 2 atom stereocenters. The molecule has 6 nitrogen and oxygen atoms in total. The Morgan fingerprint density at radius 2 is 1.44 bits per heavy atom. The van der Waals surface area contributed by atoms with Gasteiger partial charge in [0.2, 0.25) is 0 Å². The minimum absolute atomic E-state index is 0.352. The van der Waals surface area contributed by atoms with Gasteiger partial charge < -0.3 is 20.9 Å². The normalized spacial score (nSPS) is 16.0. The van der Waals surface area contributed by atoms with Gasteiger partial charge in [0.05, 0.1) is 5.54 Å². The first-order valence-corrected chi connectivity index (χ1v) is 5.85. The average molecular weight is 260 g/mol. The van der Waals surface area contributed by atoms with Crippen molar-refractivity contribution in [1.82, 2.24) is 0 Å². The van der Waals surface area contributed by atoms with E-state index >= 15 is 0 Å². The molecule has 4 N–H and O–H groups in total. The summed E-state index contributed by atoms with van der Waals surface area (Å²) < 4.78 is 10.2. The predicted octanol–water partition coefficient (Wildman–Crippen LogP) is 0.324. The zero-order valence-corrected chi connectivity index (χ0v) is 11.9. The van der Waals surface area contributed by atoms with E-state index in [1.165, 1.54) is 13.8 Å². The Morgan fingerprint density at radius 1 is 1.00 bits per heavy atom. The quantitative estimate of drug-likeness (QED) is 0.526. The second-order valence-electron chi connectivity index (χ2n) is 5.53. The van der Waals surface area contributed by atoms with Crippen molar-refractivity contribution in [2.75, 3.05) is 0 Å². The van der Waals surface area contributed by atoms with Gasteiger partial charge in [0.1, 0.15) is 5.72 Å². The fourth-order valence-corrected chi connectivity index (χ4v) is 1.35. The lowest BCUT2D eigenvalue weighted by Crippen LogP contribution is -2.49. The molecule has 0 aromatic heterocycles. The minimum Gasteiger partial charge on any atom is -0.453 e. The largest absolute Gasteiger partial charge is 0.453 e. The molecule has 0 saturated heterocycles. The lowest BCUT2D eigenvalue weighted by atomic mass is 9.97. The van der Waals surface area contributed by atoms with Crippen LogP contribution in [0.4, 0.5) is 0 Å². The van der Waals surface area contributed by atoms with Crippen molar-refractivity contribution in [3.63, 3.8) is 0 Å². The van der Waals surface area contributed by atoms with E-state index in [9.17, 15) is 9.59 Å². The molecule has 0 aromatic rings. The summed E-state index contributed by atoms with van der Waals surface area (Å²) >= 11 is 0. The smallest absolute Gasteiger partial charge is 0.335 e. The van der Waals surface area contributed by atoms with Crippen molar-refractivity contribution in [3.05, 3.63) is 0 Å². The van der Waals surface area contributed by atoms with Crippen LogP contribution in [-0.4, -0.2) is 35.2 Å². The molecule has 0 amide bonds. The second kappa shape index (κ2) is 5.77. The van der Waals surface area contributed by atoms with Crippen LogP contribution in [0.5, 0.6) is 0 Å². The first kappa shape index (κ1) is 17.0. The highest BCUT2D eigenvalue weighted by atomic mass is 16.6. The Balaban J connectivity index is 4.45. The number of nitrogens with two attached hydrogens (primary N) is 2. The number of hydrogen-bond donors (Lipinski definition) is 2. The summed E-state index contributed by atoms with van der Waals surface area (Å²) in [7, 11) is 0. The number of carbonyl (C=O) groups excluding carboxylic acids is 2. The van der Waals surface area contributed by atoms with Crippen LogP contribution in [0.3, 0.4) is 0 Å². The molecule has 18 heavy (non-hydrogen) atoms. The Labute approximate surface area is 108 Å². The van der Waals surface area contributed by atoms with Gasteiger partial charge in [0.15, 0.2) is 18.0 Å². The summed E-state index contributed by atoms with van der Waals surface area (Å²) in [6.07, 6.45) is -1.76. The summed E-state index contributed by atoms with van der Waals surface area (Å²) in [5.41, 5.74) is 9.27. The van der Waals surface area contributed by atoms with Gasteiger partial charge in [-0.3, -0.25) is 4.79 Å². The molecule has 0 unspecified atom stereocenters. The number of ketones is 1. The van der Waals surface area contributed by atoms with Gasteiger partial charge in [0.25, 0.3) is 0 Å². The third kappa shape index (κ3) is 6.09. The topological polar surface area (TPSA) is 105 Å². The number of Topliss-reactive ketones (excluding diaryl/α,β-unsaturated/α-hetero) is 1. The summed E-state index contributed by atoms with van der Waals surface area (Å²) in [5, 5.41) is 0. The highest BCUT2D eigenvalue weighted by molar-refractivity contribution is 5.92. The first-order valence-electron chi connectivity index (χ1n) is 5.85. The van der Waals surface area contributed by atoms with Crippen LogP contribution in [0.2, 0.25) is 0 Å². The third-order valence-electron chi connectivity index (χ3n) is 2.11. The molecule has 106 valence electrons. The van der Waals surface area contributed by atoms with E-state index in [0.29, 0.717) is 0 Å². The van der Waals surface area contributed by atoms with Gasteiger partial charge in [-0.15, -0.1) is 0 Å². The Kier molecular flexibility index (Phi) is 5.46. The molecule has 0 heterocycles. The van der Waals surface area contributed by atoms with Crippen molar-refractivity contribution in [2.24, 2.45) is 11.5 Å². The van der Waals surface area contributed by atoms with E-state index in [4.69, 9.17) is 20.9 Å². The SMILES string of the molecule is C[C@H](OC(C)(C)N)C(=O)O[C@@H](C)C(=O)C(C)(C)N. The molecular formula is C12H24N2O4. The second-order valence-corrected chi connectivity index (χ2v) is 5.53. The highest BCUT2D eigenvalue weighted by Gasteiger charge is 2.32. The molecule has 0 fully saturated rings. The van der Waals surface area contributed by atoms with E-state index in [-0.39, 0.29) is 5.78 Å². The van der Waals surface area contributed by atoms with E-state index in [1.54, 1.807) is 27.7 Å². The van der Waals surface area contributed by atoms with Gasteiger partial charge in [-0.05, 0) is 41.5 Å². The van der Waals surface area contributed by atoms with Gasteiger partial charge >= 0.3 is 5.97 Å². The highest BCUT2D eigenvalue weighted by Crippen LogP contribution is 2.10. The van der Waals surface area contributed by atoms with Gasteiger partial charge in [-0.2, -0.15) is 0 Å². The molecule has 0 bridgehead atoms. The maximum absolute atomic E-state index is 11.7. The van der Waals surface area contributed by atoms with E-state index < -0.39 is 29.4 Å². The standard InChI is InChI=1S/C12H24N2O4/c1-7(9(15)11(3,4)13)17-10(16)8(2)18-12(5,6)14/h7-8H,13-14H2,1-6H3/t7-,8-/m0/s1. The zero-order valence-electron chi connectivity index (χ0n) is 11.9. The molecule has 0 aliphatic rings. The van der Waals surface area contributed by atoms with Crippen LogP contribution in [0.15, 0.2) is 0 Å². The fraction of sp³-hybridized carbons (Fsp3) is 0.833. The molecule has 0 aliphatic carbocycles. The third-order valence-corrected chi connectivity index (χ3v) is 2.11.